The summed E-state index contributed by atoms with van der Waals surface area (Å²) >= 11 is 0. The highest BCUT2D eigenvalue weighted by molar-refractivity contribution is 5.96. The van der Waals surface area contributed by atoms with Gasteiger partial charge >= 0.3 is 0 Å². The number of methoxy groups -OCH3 is 1. The molecule has 9 heteroatoms. The number of aromatic amines is 1. The molecule has 1 unspecified atom stereocenters. The van der Waals surface area contributed by atoms with Gasteiger partial charge in [-0.05, 0) is 6.07 Å². The first-order valence-electron chi connectivity index (χ1n) is 7.09. The summed E-state index contributed by atoms with van der Waals surface area (Å²) in [5, 5.41) is 23.8. The smallest absolute Gasteiger partial charge is 0.284 e. The molecule has 1 aromatic carbocycles. The molecule has 0 fully saturated rings. The Morgan fingerprint density at radius 3 is 2.56 bits per heavy atom. The topological polar surface area (TPSA) is 128 Å². The zero-order valence-corrected chi connectivity index (χ0v) is 12.9. The molecule has 2 aromatic rings. The van der Waals surface area contributed by atoms with Gasteiger partial charge in [0.05, 0.1) is 18.1 Å². The number of hydrogen-bond acceptors (Lipinski definition) is 6. The maximum atomic E-state index is 11.7. The van der Waals surface area contributed by atoms with Gasteiger partial charge in [-0.1, -0.05) is 18.2 Å². The second-order valence-electron chi connectivity index (χ2n) is 5.22. The van der Waals surface area contributed by atoms with Gasteiger partial charge in [0.1, 0.15) is 17.3 Å². The fraction of sp³-hybridized carbons (Fsp3) is 0.125. The van der Waals surface area contributed by atoms with Gasteiger partial charge in [-0.3, -0.25) is 20.2 Å². The minimum Gasteiger partial charge on any atom is -0.495 e. The number of allylic oxidation sites excluding steroid dienone is 1. The van der Waals surface area contributed by atoms with Crippen LogP contribution in [-0.4, -0.2) is 33.9 Å². The third kappa shape index (κ3) is 2.48. The van der Waals surface area contributed by atoms with Crippen LogP contribution in [0.3, 0.4) is 0 Å². The first-order chi connectivity index (χ1) is 12.0. The Hall–Kier alpha value is -3.71. The van der Waals surface area contributed by atoms with Gasteiger partial charge in [0.2, 0.25) is 0 Å². The first kappa shape index (κ1) is 16.2. The average Bonchev–Trinajstić information content (AvgIpc) is 3.03. The predicted molar refractivity (Wildman–Crippen MR) is 87.3 cm³/mol. The van der Waals surface area contributed by atoms with Gasteiger partial charge in [-0.15, -0.1) is 0 Å². The molecular formula is C16H11N3O6. The monoisotopic (exact) mass is 341 g/mol. The summed E-state index contributed by atoms with van der Waals surface area (Å²) in [5.41, 5.74) is -0.136. The zero-order valence-electron chi connectivity index (χ0n) is 12.9. The Morgan fingerprint density at radius 1 is 1.24 bits per heavy atom. The van der Waals surface area contributed by atoms with E-state index < -0.39 is 27.2 Å². The Kier molecular flexibility index (Phi) is 3.92. The summed E-state index contributed by atoms with van der Waals surface area (Å²) in [4.78, 5) is 35.9. The molecule has 0 radical (unpaired) electrons. The van der Waals surface area contributed by atoms with Crippen LogP contribution in [-0.2, 0) is 9.53 Å². The minimum absolute atomic E-state index is 0.188. The number of fused-ring (bicyclic) bond motifs is 1. The number of nitrogens with zero attached hydrogens (tertiary/aromatic N) is 2. The normalized spacial score (nSPS) is 17.2. The molecule has 126 valence electrons. The van der Waals surface area contributed by atoms with Gasteiger partial charge < -0.3 is 9.72 Å². The van der Waals surface area contributed by atoms with E-state index >= 15 is 0 Å². The van der Waals surface area contributed by atoms with Crippen molar-refractivity contribution < 1.29 is 19.4 Å². The van der Waals surface area contributed by atoms with Crippen molar-refractivity contribution >= 4 is 22.4 Å². The number of carbonyl (C=O) groups excluding carboxylic acids is 1. The van der Waals surface area contributed by atoms with Crippen LogP contribution in [0, 0.1) is 20.2 Å². The molecule has 1 aromatic heterocycles. The van der Waals surface area contributed by atoms with E-state index in [0.717, 1.165) is 6.08 Å². The van der Waals surface area contributed by atoms with Crippen molar-refractivity contribution in [1.29, 1.82) is 0 Å². The third-order valence-electron chi connectivity index (χ3n) is 3.97. The number of aromatic nitrogens is 1. The number of nitro groups is 2. The Labute approximate surface area is 140 Å². The van der Waals surface area contributed by atoms with E-state index in [1.807, 2.05) is 0 Å². The Bertz CT molecular complexity index is 1010. The molecule has 1 aliphatic carbocycles. The van der Waals surface area contributed by atoms with E-state index in [9.17, 15) is 25.0 Å². The SMILES string of the molecule is COC1=CC([N+](=O)[O-])=C(c2c[nH]c3ccccc23)C([N+](=O)[O-])C1=C=O. The van der Waals surface area contributed by atoms with Crippen LogP contribution >= 0.6 is 0 Å². The summed E-state index contributed by atoms with van der Waals surface area (Å²) in [6, 6.07) is 5.14. The zero-order chi connectivity index (χ0) is 18.1. The molecule has 1 N–H and O–H groups in total. The lowest BCUT2D eigenvalue weighted by Crippen LogP contribution is -2.30. The van der Waals surface area contributed by atoms with Crippen molar-refractivity contribution in [2.45, 2.75) is 6.04 Å². The maximum absolute atomic E-state index is 11.7. The van der Waals surface area contributed by atoms with Crippen LogP contribution < -0.4 is 0 Å². The highest BCUT2D eigenvalue weighted by Gasteiger charge is 2.45. The predicted octanol–water partition coefficient (Wildman–Crippen LogP) is 2.10. The van der Waals surface area contributed by atoms with Crippen LogP contribution in [0.5, 0.6) is 0 Å². The first-order valence-corrected chi connectivity index (χ1v) is 7.09. The summed E-state index contributed by atoms with van der Waals surface area (Å²) in [6.45, 7) is 0. The molecule has 0 spiro atoms. The Morgan fingerprint density at radius 2 is 1.96 bits per heavy atom. The lowest BCUT2D eigenvalue weighted by atomic mass is 9.87. The van der Waals surface area contributed by atoms with Crippen molar-refractivity contribution in [2.75, 3.05) is 7.11 Å². The van der Waals surface area contributed by atoms with Gasteiger partial charge in [-0.25, -0.2) is 4.79 Å². The lowest BCUT2D eigenvalue weighted by molar-refractivity contribution is -0.498. The quantitative estimate of drug-likeness (QED) is 0.515. The minimum atomic E-state index is -1.75. The highest BCUT2D eigenvalue weighted by Crippen LogP contribution is 2.39. The van der Waals surface area contributed by atoms with Crippen molar-refractivity contribution in [1.82, 2.24) is 4.98 Å². The molecular weight excluding hydrogens is 330 g/mol. The number of H-pyrrole nitrogens is 1. The molecule has 1 aliphatic rings. The van der Waals surface area contributed by atoms with Crippen molar-refractivity contribution in [3.8, 4) is 0 Å². The number of rotatable bonds is 4. The number of benzene rings is 1. The molecule has 3 rings (SSSR count). The largest absolute Gasteiger partial charge is 0.495 e. The summed E-state index contributed by atoms with van der Waals surface area (Å²) in [5.74, 6) is 1.26. The van der Waals surface area contributed by atoms with Crippen molar-refractivity contribution in [3.05, 3.63) is 79.4 Å². The molecule has 0 saturated carbocycles. The second kappa shape index (κ2) is 6.06. The fourth-order valence-corrected chi connectivity index (χ4v) is 2.92. The molecule has 0 saturated heterocycles. The average molecular weight is 341 g/mol. The van der Waals surface area contributed by atoms with Gasteiger partial charge in [0.15, 0.2) is 5.57 Å². The van der Waals surface area contributed by atoms with Crippen LogP contribution in [0.2, 0.25) is 0 Å². The van der Waals surface area contributed by atoms with Crippen LogP contribution in [0.25, 0.3) is 16.5 Å². The third-order valence-corrected chi connectivity index (χ3v) is 3.97. The van der Waals surface area contributed by atoms with Gasteiger partial charge in [-0.2, -0.15) is 0 Å². The summed E-state index contributed by atoms with van der Waals surface area (Å²) in [7, 11) is 1.18. The summed E-state index contributed by atoms with van der Waals surface area (Å²) in [6.07, 6.45) is 2.46. The Balaban J connectivity index is 2.41. The van der Waals surface area contributed by atoms with Crippen LogP contribution in [0.4, 0.5) is 0 Å². The molecule has 1 heterocycles. The molecule has 1 atom stereocenters. The molecule has 25 heavy (non-hydrogen) atoms. The van der Waals surface area contributed by atoms with E-state index in [1.165, 1.54) is 19.2 Å². The highest BCUT2D eigenvalue weighted by atomic mass is 16.6. The number of nitrogens with one attached hydrogen (secondary N) is 1. The van der Waals surface area contributed by atoms with E-state index in [2.05, 4.69) is 4.98 Å². The molecule has 0 amide bonds. The second-order valence-corrected chi connectivity index (χ2v) is 5.22. The number of para-hydroxylation sites is 1. The number of hydrogen-bond donors (Lipinski definition) is 1. The van der Waals surface area contributed by atoms with Crippen molar-refractivity contribution in [2.24, 2.45) is 0 Å². The van der Waals surface area contributed by atoms with E-state index in [0.29, 0.717) is 10.9 Å². The van der Waals surface area contributed by atoms with E-state index in [4.69, 9.17) is 4.74 Å². The maximum Gasteiger partial charge on any atom is 0.284 e. The standard InChI is InChI=1S/C16H11N3O6/c1-25-14-6-13(18(21)22)15(16(19(23)24)11(14)8-20)10-7-17-12-5-3-2-4-9(10)12/h2-7,16-17H,1H3. The van der Waals surface area contributed by atoms with Crippen LogP contribution in [0.15, 0.2) is 53.6 Å². The number of ether oxygens (including phenoxy) is 1. The van der Waals surface area contributed by atoms with E-state index in [-0.39, 0.29) is 16.9 Å². The molecule has 0 bridgehead atoms. The summed E-state index contributed by atoms with van der Waals surface area (Å²) < 4.78 is 4.92. The molecule has 9 nitrogen and oxygen atoms in total. The lowest BCUT2D eigenvalue weighted by Gasteiger charge is -2.19. The van der Waals surface area contributed by atoms with Crippen LogP contribution in [0.1, 0.15) is 5.56 Å². The van der Waals surface area contributed by atoms with Crippen molar-refractivity contribution in [3.63, 3.8) is 0 Å². The fourth-order valence-electron chi connectivity index (χ4n) is 2.92. The van der Waals surface area contributed by atoms with E-state index in [1.54, 1.807) is 24.3 Å². The van der Waals surface area contributed by atoms with Gasteiger partial charge in [0, 0.05) is 27.6 Å². The molecule has 0 aliphatic heterocycles. The van der Waals surface area contributed by atoms with Gasteiger partial charge in [0.25, 0.3) is 11.7 Å².